The quantitative estimate of drug-likeness (QED) is 0.849. The predicted molar refractivity (Wildman–Crippen MR) is 95.5 cm³/mol. The average molecular weight is 342 g/mol. The van der Waals surface area contributed by atoms with Crippen molar-refractivity contribution in [2.75, 3.05) is 31.1 Å². The van der Waals surface area contributed by atoms with Gasteiger partial charge in [-0.2, -0.15) is 14.6 Å². The summed E-state index contributed by atoms with van der Waals surface area (Å²) in [6, 6.07) is 2.12. The molecule has 2 aliphatic rings. The maximum Gasteiger partial charge on any atom is 0.254 e. The fraction of sp³-hybridized carbons (Fsp3) is 0.667. The number of piperidine rings is 1. The predicted octanol–water partition coefficient (Wildman–Crippen LogP) is 1.92. The van der Waals surface area contributed by atoms with E-state index in [1.807, 2.05) is 9.42 Å². The standard InChI is InChI=1S/C18H26N6O/c1-2-15-12-16(24-18(21-15)19-13-20-24)22-9-5-14(6-10-22)11-17(25)23-7-3-4-8-23/h12-14H,2-11H2,1H3. The largest absolute Gasteiger partial charge is 0.356 e. The molecule has 7 heteroatoms. The first-order valence-electron chi connectivity index (χ1n) is 9.47. The number of fused-ring (bicyclic) bond motifs is 1. The SMILES string of the molecule is CCc1cc(N2CCC(CC(=O)N3CCCC3)CC2)n2ncnc2n1. The number of anilines is 1. The van der Waals surface area contributed by atoms with Gasteiger partial charge in [0.15, 0.2) is 0 Å². The van der Waals surface area contributed by atoms with Gasteiger partial charge in [0, 0.05) is 44.4 Å². The number of rotatable bonds is 4. The number of hydrogen-bond donors (Lipinski definition) is 0. The maximum absolute atomic E-state index is 12.4. The van der Waals surface area contributed by atoms with Crippen LogP contribution in [-0.4, -0.2) is 56.6 Å². The van der Waals surface area contributed by atoms with Crippen molar-refractivity contribution in [2.45, 2.75) is 45.4 Å². The fourth-order valence-electron chi connectivity index (χ4n) is 3.96. The van der Waals surface area contributed by atoms with Crippen LogP contribution in [0.3, 0.4) is 0 Å². The van der Waals surface area contributed by atoms with Crippen molar-refractivity contribution in [1.29, 1.82) is 0 Å². The van der Waals surface area contributed by atoms with Crippen LogP contribution in [0.25, 0.3) is 5.78 Å². The molecule has 4 heterocycles. The number of aromatic nitrogens is 4. The third-order valence-corrected chi connectivity index (χ3v) is 5.51. The van der Waals surface area contributed by atoms with Crippen LogP contribution in [0.2, 0.25) is 0 Å². The lowest BCUT2D eigenvalue weighted by molar-refractivity contribution is -0.131. The lowest BCUT2D eigenvalue weighted by Crippen LogP contribution is -2.37. The van der Waals surface area contributed by atoms with E-state index < -0.39 is 0 Å². The van der Waals surface area contributed by atoms with Crippen LogP contribution < -0.4 is 4.90 Å². The van der Waals surface area contributed by atoms with E-state index in [0.717, 1.165) is 57.0 Å². The molecule has 25 heavy (non-hydrogen) atoms. The third kappa shape index (κ3) is 3.32. The summed E-state index contributed by atoms with van der Waals surface area (Å²) in [7, 11) is 0. The Morgan fingerprint density at radius 3 is 2.68 bits per heavy atom. The molecule has 0 N–H and O–H groups in total. The summed E-state index contributed by atoms with van der Waals surface area (Å²) in [5, 5.41) is 4.33. The summed E-state index contributed by atoms with van der Waals surface area (Å²) in [5.41, 5.74) is 1.04. The highest BCUT2D eigenvalue weighted by molar-refractivity contribution is 5.76. The second-order valence-electron chi connectivity index (χ2n) is 7.15. The van der Waals surface area contributed by atoms with Crippen molar-refractivity contribution in [1.82, 2.24) is 24.5 Å². The van der Waals surface area contributed by atoms with Gasteiger partial charge in [-0.05, 0) is 38.0 Å². The number of nitrogens with zero attached hydrogens (tertiary/aromatic N) is 6. The van der Waals surface area contributed by atoms with Crippen molar-refractivity contribution in [3.05, 3.63) is 18.1 Å². The molecule has 0 unspecified atom stereocenters. The molecule has 1 amide bonds. The van der Waals surface area contributed by atoms with E-state index >= 15 is 0 Å². The normalized spacial score (nSPS) is 19.1. The van der Waals surface area contributed by atoms with Gasteiger partial charge in [-0.25, -0.2) is 4.98 Å². The minimum atomic E-state index is 0.354. The third-order valence-electron chi connectivity index (χ3n) is 5.51. The van der Waals surface area contributed by atoms with Crippen molar-refractivity contribution in [3.63, 3.8) is 0 Å². The summed E-state index contributed by atoms with van der Waals surface area (Å²) in [4.78, 5) is 25.5. The molecular formula is C18H26N6O. The molecule has 0 aromatic carbocycles. The van der Waals surface area contributed by atoms with Gasteiger partial charge in [0.25, 0.3) is 5.78 Å². The van der Waals surface area contributed by atoms with Gasteiger partial charge in [-0.1, -0.05) is 6.92 Å². The Bertz CT molecular complexity index is 743. The first kappa shape index (κ1) is 16.3. The zero-order chi connectivity index (χ0) is 17.2. The Morgan fingerprint density at radius 2 is 1.96 bits per heavy atom. The van der Waals surface area contributed by atoms with Gasteiger partial charge in [0.05, 0.1) is 0 Å². The Morgan fingerprint density at radius 1 is 1.20 bits per heavy atom. The van der Waals surface area contributed by atoms with E-state index in [0.29, 0.717) is 24.0 Å². The highest BCUT2D eigenvalue weighted by Crippen LogP contribution is 2.26. The van der Waals surface area contributed by atoms with Gasteiger partial charge in [0.2, 0.25) is 5.91 Å². The van der Waals surface area contributed by atoms with Crippen LogP contribution in [0, 0.1) is 5.92 Å². The monoisotopic (exact) mass is 342 g/mol. The molecule has 4 rings (SSSR count). The van der Waals surface area contributed by atoms with Crippen LogP contribution in [0.1, 0.15) is 44.7 Å². The molecule has 2 aliphatic heterocycles. The number of amides is 1. The van der Waals surface area contributed by atoms with Crippen molar-refractivity contribution < 1.29 is 4.79 Å². The second-order valence-corrected chi connectivity index (χ2v) is 7.15. The van der Waals surface area contributed by atoms with Crippen molar-refractivity contribution >= 4 is 17.5 Å². The number of likely N-dealkylation sites (tertiary alicyclic amines) is 1. The molecule has 0 radical (unpaired) electrons. The molecule has 0 bridgehead atoms. The van der Waals surface area contributed by atoms with Gasteiger partial charge in [-0.3, -0.25) is 4.79 Å². The average Bonchev–Trinajstić information content (AvgIpc) is 3.33. The highest BCUT2D eigenvalue weighted by Gasteiger charge is 2.26. The van der Waals surface area contributed by atoms with E-state index in [1.165, 1.54) is 12.8 Å². The van der Waals surface area contributed by atoms with E-state index in [2.05, 4.69) is 33.0 Å². The van der Waals surface area contributed by atoms with Gasteiger partial charge < -0.3 is 9.80 Å². The van der Waals surface area contributed by atoms with Gasteiger partial charge in [-0.15, -0.1) is 0 Å². The minimum Gasteiger partial charge on any atom is -0.356 e. The molecule has 0 spiro atoms. The molecule has 0 saturated carbocycles. The Hall–Kier alpha value is -2.18. The second kappa shape index (κ2) is 6.98. The molecule has 0 aliphatic carbocycles. The van der Waals surface area contributed by atoms with Gasteiger partial charge in [0.1, 0.15) is 12.1 Å². The van der Waals surface area contributed by atoms with Crippen LogP contribution >= 0.6 is 0 Å². The van der Waals surface area contributed by atoms with Crippen LogP contribution in [0.15, 0.2) is 12.4 Å². The number of hydrogen-bond acceptors (Lipinski definition) is 5. The minimum absolute atomic E-state index is 0.354. The zero-order valence-corrected chi connectivity index (χ0v) is 14.9. The van der Waals surface area contributed by atoms with Gasteiger partial charge >= 0.3 is 0 Å². The smallest absolute Gasteiger partial charge is 0.254 e. The summed E-state index contributed by atoms with van der Waals surface area (Å²) >= 11 is 0. The van der Waals surface area contributed by atoms with E-state index in [4.69, 9.17) is 0 Å². The highest BCUT2D eigenvalue weighted by atomic mass is 16.2. The molecule has 2 aromatic heterocycles. The molecule has 2 saturated heterocycles. The number of carbonyl (C=O) groups excluding carboxylic acids is 1. The molecule has 2 aromatic rings. The Balaban J connectivity index is 1.42. The summed E-state index contributed by atoms with van der Waals surface area (Å²) in [6.07, 6.45) is 7.60. The molecule has 7 nitrogen and oxygen atoms in total. The van der Waals surface area contributed by atoms with E-state index in [-0.39, 0.29) is 0 Å². The fourth-order valence-corrected chi connectivity index (χ4v) is 3.96. The summed E-state index contributed by atoms with van der Waals surface area (Å²) < 4.78 is 1.83. The maximum atomic E-state index is 12.4. The summed E-state index contributed by atoms with van der Waals surface area (Å²) in [5.74, 6) is 2.60. The first-order valence-corrected chi connectivity index (χ1v) is 9.47. The number of aryl methyl sites for hydroxylation is 1. The lowest BCUT2D eigenvalue weighted by Gasteiger charge is -2.33. The molecule has 0 atom stereocenters. The topological polar surface area (TPSA) is 66.6 Å². The van der Waals surface area contributed by atoms with Crippen LogP contribution in [0.5, 0.6) is 0 Å². The Kier molecular flexibility index (Phi) is 4.55. The van der Waals surface area contributed by atoms with Crippen LogP contribution in [-0.2, 0) is 11.2 Å². The molecule has 134 valence electrons. The molecule has 2 fully saturated rings. The Labute approximate surface area is 148 Å². The zero-order valence-electron chi connectivity index (χ0n) is 14.9. The van der Waals surface area contributed by atoms with Crippen molar-refractivity contribution in [2.24, 2.45) is 5.92 Å². The van der Waals surface area contributed by atoms with Crippen LogP contribution in [0.4, 0.5) is 5.82 Å². The first-order chi connectivity index (χ1) is 12.2. The van der Waals surface area contributed by atoms with E-state index in [9.17, 15) is 4.79 Å². The van der Waals surface area contributed by atoms with Crippen molar-refractivity contribution in [3.8, 4) is 0 Å². The van der Waals surface area contributed by atoms with E-state index in [1.54, 1.807) is 6.33 Å². The number of carbonyl (C=O) groups is 1. The summed E-state index contributed by atoms with van der Waals surface area (Å²) in [6.45, 7) is 5.94. The molecular weight excluding hydrogens is 316 g/mol. The lowest BCUT2D eigenvalue weighted by atomic mass is 9.93.